The molecule has 0 atom stereocenters. The molecule has 0 aliphatic heterocycles. The van der Waals surface area contributed by atoms with Crippen molar-refractivity contribution in [1.82, 2.24) is 20.1 Å². The quantitative estimate of drug-likeness (QED) is 0.914. The molecule has 2 rings (SSSR count). The monoisotopic (exact) mass is 278 g/mol. The highest BCUT2D eigenvalue weighted by Gasteiger charge is 2.12. The van der Waals surface area contributed by atoms with Crippen LogP contribution in [0.3, 0.4) is 0 Å². The topological polar surface area (TPSA) is 42.7 Å². The van der Waals surface area contributed by atoms with Gasteiger partial charge < -0.3 is 5.32 Å². The van der Waals surface area contributed by atoms with Crippen LogP contribution < -0.4 is 5.32 Å². The van der Waals surface area contributed by atoms with Crippen LogP contribution in [0.5, 0.6) is 0 Å². The predicted molar refractivity (Wildman–Crippen MR) is 77.9 cm³/mol. The second-order valence-electron chi connectivity index (χ2n) is 4.43. The highest BCUT2D eigenvalue weighted by molar-refractivity contribution is 6.32. The molecule has 102 valence electrons. The van der Waals surface area contributed by atoms with Gasteiger partial charge in [0, 0.05) is 18.4 Å². The van der Waals surface area contributed by atoms with E-state index in [1.54, 1.807) is 0 Å². The van der Waals surface area contributed by atoms with E-state index >= 15 is 0 Å². The first-order valence-corrected chi connectivity index (χ1v) is 6.94. The summed E-state index contributed by atoms with van der Waals surface area (Å²) in [6.45, 7) is 4.96. The molecule has 0 spiro atoms. The van der Waals surface area contributed by atoms with E-state index < -0.39 is 0 Å². The normalized spacial score (nSPS) is 10.9. The maximum atomic E-state index is 6.33. The highest BCUT2D eigenvalue weighted by Crippen LogP contribution is 2.21. The van der Waals surface area contributed by atoms with Gasteiger partial charge in [-0.3, -0.25) is 0 Å². The fraction of sp³-hybridized carbons (Fsp3) is 0.429. The van der Waals surface area contributed by atoms with Gasteiger partial charge in [0.1, 0.15) is 0 Å². The Balaban J connectivity index is 2.43. The molecule has 0 aliphatic rings. The van der Waals surface area contributed by atoms with E-state index in [1.807, 2.05) is 24.0 Å². The number of halogens is 1. The van der Waals surface area contributed by atoms with Crippen molar-refractivity contribution >= 4 is 11.6 Å². The fourth-order valence-electron chi connectivity index (χ4n) is 2.01. The molecule has 0 amide bonds. The first-order valence-electron chi connectivity index (χ1n) is 6.56. The number of nitrogens with one attached hydrogen (secondary N) is 1. The van der Waals surface area contributed by atoms with E-state index in [0.29, 0.717) is 10.8 Å². The number of rotatable bonds is 5. The lowest BCUT2D eigenvalue weighted by atomic mass is 10.2. The van der Waals surface area contributed by atoms with Crippen LogP contribution in [-0.4, -0.2) is 21.8 Å². The van der Waals surface area contributed by atoms with Crippen molar-refractivity contribution < 1.29 is 0 Å². The average molecular weight is 279 g/mol. The molecule has 0 aromatic carbocycles. The van der Waals surface area contributed by atoms with Crippen LogP contribution >= 0.6 is 11.6 Å². The summed E-state index contributed by atoms with van der Waals surface area (Å²) in [5.41, 5.74) is 3.26. The summed E-state index contributed by atoms with van der Waals surface area (Å²) in [7, 11) is 1.90. The minimum absolute atomic E-state index is 0.633. The summed E-state index contributed by atoms with van der Waals surface area (Å²) in [6, 6.07) is 4.05. The van der Waals surface area contributed by atoms with Crippen molar-refractivity contribution in [3.05, 3.63) is 40.3 Å². The van der Waals surface area contributed by atoms with Gasteiger partial charge in [0.25, 0.3) is 0 Å². The van der Waals surface area contributed by atoms with E-state index in [1.165, 1.54) is 0 Å². The third kappa shape index (κ3) is 2.96. The van der Waals surface area contributed by atoms with Gasteiger partial charge in [0.2, 0.25) is 0 Å². The lowest BCUT2D eigenvalue weighted by Crippen LogP contribution is -2.08. The van der Waals surface area contributed by atoms with Crippen molar-refractivity contribution in [1.29, 1.82) is 0 Å². The predicted octanol–water partition coefficient (Wildman–Crippen LogP) is 2.76. The van der Waals surface area contributed by atoms with Crippen molar-refractivity contribution in [3.63, 3.8) is 0 Å². The summed E-state index contributed by atoms with van der Waals surface area (Å²) in [5.74, 6) is 0.707. The molecular formula is C14H19ClN4. The Kier molecular flexibility index (Phi) is 4.56. The van der Waals surface area contributed by atoms with Gasteiger partial charge in [0.05, 0.1) is 10.7 Å². The van der Waals surface area contributed by atoms with Crippen LogP contribution in [-0.2, 0) is 19.4 Å². The number of hydrogen-bond acceptors (Lipinski definition) is 3. The molecule has 0 bridgehead atoms. The second-order valence-corrected chi connectivity index (χ2v) is 4.83. The standard InChI is InChI=1S/C14H19ClN4/c1-4-11-7-12(5-2)19(18-11)14-13(15)6-10(8-16-3)9-17-14/h6-7,9,16H,4-5,8H2,1-3H3. The molecule has 0 aliphatic carbocycles. The highest BCUT2D eigenvalue weighted by atomic mass is 35.5. The third-order valence-corrected chi connectivity index (χ3v) is 3.30. The first kappa shape index (κ1) is 14.0. The van der Waals surface area contributed by atoms with Crippen LogP contribution in [0.25, 0.3) is 5.82 Å². The summed E-state index contributed by atoms with van der Waals surface area (Å²) in [4.78, 5) is 4.45. The van der Waals surface area contributed by atoms with Gasteiger partial charge in [0.15, 0.2) is 5.82 Å². The minimum atomic E-state index is 0.633. The van der Waals surface area contributed by atoms with E-state index in [9.17, 15) is 0 Å². The van der Waals surface area contributed by atoms with Crippen LogP contribution in [0.2, 0.25) is 5.02 Å². The number of nitrogens with zero attached hydrogens (tertiary/aromatic N) is 3. The molecule has 0 fully saturated rings. The Labute approximate surface area is 118 Å². The van der Waals surface area contributed by atoms with Gasteiger partial charge in [-0.2, -0.15) is 5.10 Å². The van der Waals surface area contributed by atoms with Crippen LogP contribution in [0.4, 0.5) is 0 Å². The molecule has 19 heavy (non-hydrogen) atoms. The average Bonchev–Trinajstić information content (AvgIpc) is 2.82. The number of hydrogen-bond donors (Lipinski definition) is 1. The number of pyridine rings is 1. The Morgan fingerprint density at radius 1 is 1.26 bits per heavy atom. The van der Waals surface area contributed by atoms with Crippen LogP contribution in [0, 0.1) is 0 Å². The van der Waals surface area contributed by atoms with Gasteiger partial charge in [-0.1, -0.05) is 25.4 Å². The Bertz CT molecular complexity index is 563. The lowest BCUT2D eigenvalue weighted by Gasteiger charge is -2.08. The van der Waals surface area contributed by atoms with Crippen LogP contribution in [0.15, 0.2) is 18.3 Å². The van der Waals surface area contributed by atoms with Crippen molar-refractivity contribution in [2.45, 2.75) is 33.2 Å². The maximum Gasteiger partial charge on any atom is 0.172 e. The second kappa shape index (κ2) is 6.17. The van der Waals surface area contributed by atoms with E-state index in [-0.39, 0.29) is 0 Å². The van der Waals surface area contributed by atoms with Crippen molar-refractivity contribution in [2.24, 2.45) is 0 Å². The SMILES string of the molecule is CCc1cc(CC)n(-c2ncc(CNC)cc2Cl)n1. The molecule has 0 saturated carbocycles. The Morgan fingerprint density at radius 2 is 2.05 bits per heavy atom. The molecule has 0 radical (unpaired) electrons. The van der Waals surface area contributed by atoms with Gasteiger partial charge >= 0.3 is 0 Å². The molecule has 5 heteroatoms. The molecule has 2 aromatic heterocycles. The van der Waals surface area contributed by atoms with Gasteiger partial charge in [-0.15, -0.1) is 0 Å². The van der Waals surface area contributed by atoms with E-state index in [4.69, 9.17) is 11.6 Å². The van der Waals surface area contributed by atoms with Gasteiger partial charge in [-0.25, -0.2) is 9.67 Å². The summed E-state index contributed by atoms with van der Waals surface area (Å²) >= 11 is 6.33. The van der Waals surface area contributed by atoms with E-state index in [2.05, 4.69) is 35.3 Å². The van der Waals surface area contributed by atoms with E-state index in [0.717, 1.165) is 36.3 Å². The molecular weight excluding hydrogens is 260 g/mol. The molecule has 2 aromatic rings. The molecule has 2 heterocycles. The Morgan fingerprint density at radius 3 is 2.63 bits per heavy atom. The van der Waals surface area contributed by atoms with Crippen molar-refractivity contribution in [2.75, 3.05) is 7.05 Å². The smallest absolute Gasteiger partial charge is 0.172 e. The maximum absolute atomic E-state index is 6.33. The molecule has 0 unspecified atom stereocenters. The van der Waals surface area contributed by atoms with Gasteiger partial charge in [-0.05, 0) is 37.6 Å². The number of aromatic nitrogens is 3. The van der Waals surface area contributed by atoms with Crippen LogP contribution in [0.1, 0.15) is 30.8 Å². The zero-order valence-electron chi connectivity index (χ0n) is 11.6. The zero-order chi connectivity index (χ0) is 13.8. The summed E-state index contributed by atoms with van der Waals surface area (Å²) in [6.07, 6.45) is 3.66. The lowest BCUT2D eigenvalue weighted by molar-refractivity contribution is 0.764. The summed E-state index contributed by atoms with van der Waals surface area (Å²) < 4.78 is 1.85. The third-order valence-electron chi connectivity index (χ3n) is 3.02. The summed E-state index contributed by atoms with van der Waals surface area (Å²) in [5, 5.41) is 8.28. The largest absolute Gasteiger partial charge is 0.316 e. The zero-order valence-corrected chi connectivity index (χ0v) is 12.3. The minimum Gasteiger partial charge on any atom is -0.316 e. The Hall–Kier alpha value is -1.39. The fourth-order valence-corrected chi connectivity index (χ4v) is 2.28. The van der Waals surface area contributed by atoms with Crippen molar-refractivity contribution in [3.8, 4) is 5.82 Å². The number of aryl methyl sites for hydroxylation is 2. The molecule has 0 saturated heterocycles. The molecule has 4 nitrogen and oxygen atoms in total. The first-order chi connectivity index (χ1) is 9.19. The molecule has 1 N–H and O–H groups in total.